The third kappa shape index (κ3) is 5.52. The molecule has 0 radical (unpaired) electrons. The maximum atomic E-state index is 12.6. The predicted octanol–water partition coefficient (Wildman–Crippen LogP) is 2.18. The fraction of sp³-hybridized carbons (Fsp3) is 0.688. The van der Waals surface area contributed by atoms with Crippen LogP contribution in [0.4, 0.5) is 0 Å². The summed E-state index contributed by atoms with van der Waals surface area (Å²) in [5.74, 6) is 1.41. The monoisotopic (exact) mass is 295 g/mol. The van der Waals surface area contributed by atoms with Crippen molar-refractivity contribution in [2.24, 2.45) is 11.7 Å². The first kappa shape index (κ1) is 17.7. The molecular formula is C16H29N3O2. The van der Waals surface area contributed by atoms with E-state index in [0.29, 0.717) is 24.0 Å². The highest BCUT2D eigenvalue weighted by Gasteiger charge is 2.20. The normalized spacial score (nSPS) is 11.4. The average molecular weight is 295 g/mol. The summed E-state index contributed by atoms with van der Waals surface area (Å²) in [4.78, 5) is 16.8. The van der Waals surface area contributed by atoms with E-state index < -0.39 is 0 Å². The SMILES string of the molecule is CCN(CC)CCN(CC(C)C)C(=O)c1ccc(CN)o1. The highest BCUT2D eigenvalue weighted by molar-refractivity contribution is 5.91. The molecule has 1 amide bonds. The molecule has 120 valence electrons. The second-order valence-electron chi connectivity index (χ2n) is 5.64. The molecule has 2 N–H and O–H groups in total. The molecule has 5 nitrogen and oxygen atoms in total. The summed E-state index contributed by atoms with van der Waals surface area (Å²) in [5, 5.41) is 0. The highest BCUT2D eigenvalue weighted by atomic mass is 16.4. The lowest BCUT2D eigenvalue weighted by atomic mass is 10.2. The molecule has 1 heterocycles. The van der Waals surface area contributed by atoms with Crippen molar-refractivity contribution in [2.45, 2.75) is 34.2 Å². The number of carbonyl (C=O) groups excluding carboxylic acids is 1. The largest absolute Gasteiger partial charge is 0.455 e. The number of nitrogens with zero attached hydrogens (tertiary/aromatic N) is 2. The fourth-order valence-corrected chi connectivity index (χ4v) is 2.28. The van der Waals surface area contributed by atoms with Gasteiger partial charge >= 0.3 is 0 Å². The minimum Gasteiger partial charge on any atom is -0.455 e. The van der Waals surface area contributed by atoms with Crippen molar-refractivity contribution in [1.29, 1.82) is 0 Å². The van der Waals surface area contributed by atoms with Crippen molar-refractivity contribution in [2.75, 3.05) is 32.7 Å². The molecular weight excluding hydrogens is 266 g/mol. The van der Waals surface area contributed by atoms with Crippen LogP contribution in [-0.4, -0.2) is 48.4 Å². The first-order chi connectivity index (χ1) is 10.0. The number of carbonyl (C=O) groups is 1. The van der Waals surface area contributed by atoms with Gasteiger partial charge in [-0.2, -0.15) is 0 Å². The summed E-state index contributed by atoms with van der Waals surface area (Å²) in [6, 6.07) is 3.49. The van der Waals surface area contributed by atoms with Crippen LogP contribution in [0.15, 0.2) is 16.5 Å². The van der Waals surface area contributed by atoms with E-state index in [1.54, 1.807) is 12.1 Å². The van der Waals surface area contributed by atoms with Gasteiger partial charge in [-0.15, -0.1) is 0 Å². The van der Waals surface area contributed by atoms with Crippen LogP contribution >= 0.6 is 0 Å². The lowest BCUT2D eigenvalue weighted by Gasteiger charge is -2.27. The van der Waals surface area contributed by atoms with Crippen LogP contribution in [0.5, 0.6) is 0 Å². The Labute approximate surface area is 128 Å². The molecule has 0 saturated carbocycles. The van der Waals surface area contributed by atoms with Gasteiger partial charge in [0.25, 0.3) is 5.91 Å². The number of likely N-dealkylation sites (N-methyl/N-ethyl adjacent to an activating group) is 1. The lowest BCUT2D eigenvalue weighted by molar-refractivity contribution is 0.0682. The van der Waals surface area contributed by atoms with Gasteiger partial charge in [-0.1, -0.05) is 27.7 Å². The molecule has 0 aromatic carbocycles. The summed E-state index contributed by atoms with van der Waals surface area (Å²) >= 11 is 0. The standard InChI is InChI=1S/C16H29N3O2/c1-5-18(6-2)9-10-19(12-13(3)4)16(20)15-8-7-14(11-17)21-15/h7-8,13H,5-6,9-12,17H2,1-4H3. The Morgan fingerprint density at radius 3 is 2.38 bits per heavy atom. The van der Waals surface area contributed by atoms with E-state index in [0.717, 1.165) is 32.7 Å². The summed E-state index contributed by atoms with van der Waals surface area (Å²) in [6.07, 6.45) is 0. The first-order valence-electron chi connectivity index (χ1n) is 7.82. The van der Waals surface area contributed by atoms with Gasteiger partial charge in [0.1, 0.15) is 5.76 Å². The van der Waals surface area contributed by atoms with E-state index in [2.05, 4.69) is 32.6 Å². The summed E-state index contributed by atoms with van der Waals surface area (Å²) in [6.45, 7) is 13.2. The highest BCUT2D eigenvalue weighted by Crippen LogP contribution is 2.12. The lowest BCUT2D eigenvalue weighted by Crippen LogP contribution is -2.40. The van der Waals surface area contributed by atoms with Crippen LogP contribution in [0.3, 0.4) is 0 Å². The van der Waals surface area contributed by atoms with Gasteiger partial charge in [-0.25, -0.2) is 0 Å². The molecule has 1 aromatic heterocycles. The maximum Gasteiger partial charge on any atom is 0.289 e. The number of hydrogen-bond acceptors (Lipinski definition) is 4. The molecule has 0 aliphatic rings. The molecule has 1 rings (SSSR count). The summed E-state index contributed by atoms with van der Waals surface area (Å²) < 4.78 is 5.49. The molecule has 0 fully saturated rings. The van der Waals surface area contributed by atoms with Crippen LogP contribution in [0.2, 0.25) is 0 Å². The molecule has 21 heavy (non-hydrogen) atoms. The number of furan rings is 1. The molecule has 0 bridgehead atoms. The Kier molecular flexibility index (Phi) is 7.47. The average Bonchev–Trinajstić information content (AvgIpc) is 2.94. The van der Waals surface area contributed by atoms with Gasteiger partial charge in [0.15, 0.2) is 5.76 Å². The third-order valence-electron chi connectivity index (χ3n) is 3.53. The van der Waals surface area contributed by atoms with Crippen molar-refractivity contribution in [3.8, 4) is 0 Å². The quantitative estimate of drug-likeness (QED) is 0.758. The molecule has 0 aliphatic carbocycles. The molecule has 0 spiro atoms. The third-order valence-corrected chi connectivity index (χ3v) is 3.53. The van der Waals surface area contributed by atoms with Gasteiger partial charge in [0.2, 0.25) is 0 Å². The molecule has 0 unspecified atom stereocenters. The van der Waals surface area contributed by atoms with E-state index in [-0.39, 0.29) is 5.91 Å². The summed E-state index contributed by atoms with van der Waals surface area (Å²) in [5.41, 5.74) is 5.53. The van der Waals surface area contributed by atoms with Gasteiger partial charge in [0, 0.05) is 19.6 Å². The van der Waals surface area contributed by atoms with Crippen molar-refractivity contribution in [3.05, 3.63) is 23.7 Å². The van der Waals surface area contributed by atoms with Gasteiger partial charge < -0.3 is 20.0 Å². The maximum absolute atomic E-state index is 12.6. The van der Waals surface area contributed by atoms with Crippen molar-refractivity contribution in [3.63, 3.8) is 0 Å². The molecule has 0 atom stereocenters. The van der Waals surface area contributed by atoms with Crippen LogP contribution < -0.4 is 5.73 Å². The fourth-order valence-electron chi connectivity index (χ4n) is 2.28. The topological polar surface area (TPSA) is 62.7 Å². The van der Waals surface area contributed by atoms with Gasteiger partial charge in [-0.3, -0.25) is 4.79 Å². The minimum atomic E-state index is -0.0458. The number of rotatable bonds is 9. The molecule has 0 saturated heterocycles. The van der Waals surface area contributed by atoms with Crippen molar-refractivity contribution >= 4 is 5.91 Å². The smallest absolute Gasteiger partial charge is 0.289 e. The van der Waals surface area contributed by atoms with Crippen molar-refractivity contribution < 1.29 is 9.21 Å². The zero-order chi connectivity index (χ0) is 15.8. The van der Waals surface area contributed by atoms with E-state index in [4.69, 9.17) is 10.2 Å². The van der Waals surface area contributed by atoms with E-state index in [9.17, 15) is 4.79 Å². The Hall–Kier alpha value is -1.33. The number of hydrogen-bond donors (Lipinski definition) is 1. The van der Waals surface area contributed by atoms with Crippen LogP contribution in [-0.2, 0) is 6.54 Å². The van der Waals surface area contributed by atoms with Crippen LogP contribution in [0.1, 0.15) is 44.0 Å². The minimum absolute atomic E-state index is 0.0458. The Balaban J connectivity index is 2.73. The second kappa shape index (κ2) is 8.85. The Morgan fingerprint density at radius 1 is 1.24 bits per heavy atom. The first-order valence-corrected chi connectivity index (χ1v) is 7.82. The van der Waals surface area contributed by atoms with E-state index in [1.807, 2.05) is 4.90 Å². The van der Waals surface area contributed by atoms with Gasteiger partial charge in [0.05, 0.1) is 6.54 Å². The van der Waals surface area contributed by atoms with Crippen molar-refractivity contribution in [1.82, 2.24) is 9.80 Å². The Morgan fingerprint density at radius 2 is 1.90 bits per heavy atom. The van der Waals surface area contributed by atoms with E-state index >= 15 is 0 Å². The predicted molar refractivity (Wildman–Crippen MR) is 85.1 cm³/mol. The van der Waals surface area contributed by atoms with Crippen LogP contribution in [0.25, 0.3) is 0 Å². The van der Waals surface area contributed by atoms with Crippen LogP contribution in [0, 0.1) is 5.92 Å². The number of nitrogens with two attached hydrogens (primary N) is 1. The zero-order valence-corrected chi connectivity index (χ0v) is 13.8. The summed E-state index contributed by atoms with van der Waals surface area (Å²) in [7, 11) is 0. The zero-order valence-electron chi connectivity index (χ0n) is 13.8. The molecule has 1 aromatic rings. The molecule has 0 aliphatic heterocycles. The molecule has 5 heteroatoms. The van der Waals surface area contributed by atoms with Gasteiger partial charge in [-0.05, 0) is 31.1 Å². The number of amides is 1. The Bertz CT molecular complexity index is 425. The second-order valence-corrected chi connectivity index (χ2v) is 5.64. The van der Waals surface area contributed by atoms with E-state index in [1.165, 1.54) is 0 Å².